The average molecular weight is 251 g/mol. The van der Waals surface area contributed by atoms with Gasteiger partial charge in [0.25, 0.3) is 11.5 Å². The first-order valence-electron chi connectivity index (χ1n) is 4.64. The van der Waals surface area contributed by atoms with Crippen LogP contribution in [0, 0.1) is 0 Å². The number of aromatic nitrogens is 3. The highest BCUT2D eigenvalue weighted by molar-refractivity contribution is 6.33. The second kappa shape index (κ2) is 4.75. The molecule has 86 valence electrons. The van der Waals surface area contributed by atoms with Crippen LogP contribution < -0.4 is 10.9 Å². The molecule has 7 heteroatoms. The smallest absolute Gasteiger partial charge is 0.277 e. The minimum atomic E-state index is -0.498. The number of carbonyl (C=O) groups is 1. The summed E-state index contributed by atoms with van der Waals surface area (Å²) in [5.41, 5.74) is -0.302. The Bertz CT molecular complexity index is 591. The van der Waals surface area contributed by atoms with Crippen LogP contribution in [0.1, 0.15) is 10.5 Å². The van der Waals surface area contributed by atoms with Gasteiger partial charge in [-0.2, -0.15) is 5.10 Å². The van der Waals surface area contributed by atoms with E-state index in [-0.39, 0.29) is 17.1 Å². The Morgan fingerprint density at radius 3 is 2.82 bits per heavy atom. The van der Waals surface area contributed by atoms with E-state index in [1.807, 2.05) is 0 Å². The second-order valence-corrected chi connectivity index (χ2v) is 3.50. The molecular weight excluding hydrogens is 244 g/mol. The Balaban J connectivity index is 2.20. The van der Waals surface area contributed by atoms with Crippen molar-refractivity contribution in [1.82, 2.24) is 15.2 Å². The third-order valence-electron chi connectivity index (χ3n) is 1.90. The molecule has 2 N–H and O–H groups in total. The number of hydrogen-bond donors (Lipinski definition) is 2. The van der Waals surface area contributed by atoms with Gasteiger partial charge in [0.1, 0.15) is 5.69 Å². The van der Waals surface area contributed by atoms with Crippen LogP contribution in [0.15, 0.2) is 35.3 Å². The van der Waals surface area contributed by atoms with E-state index in [0.29, 0.717) is 5.02 Å². The number of carbonyl (C=O) groups excluding carboxylic acids is 1. The van der Waals surface area contributed by atoms with E-state index in [0.717, 1.165) is 0 Å². The van der Waals surface area contributed by atoms with E-state index >= 15 is 0 Å². The first-order valence-corrected chi connectivity index (χ1v) is 5.02. The van der Waals surface area contributed by atoms with E-state index in [9.17, 15) is 9.59 Å². The molecule has 0 aliphatic heterocycles. The largest absolute Gasteiger partial charge is 0.304 e. The summed E-state index contributed by atoms with van der Waals surface area (Å²) in [6.07, 6.45) is 1.50. The van der Waals surface area contributed by atoms with Gasteiger partial charge in [0.15, 0.2) is 5.82 Å². The number of anilines is 1. The molecule has 17 heavy (non-hydrogen) atoms. The normalized spacial score (nSPS) is 9.94. The molecule has 0 radical (unpaired) electrons. The van der Waals surface area contributed by atoms with Crippen LogP contribution >= 0.6 is 11.6 Å². The van der Waals surface area contributed by atoms with E-state index in [1.165, 1.54) is 18.3 Å². The molecule has 0 unspecified atom stereocenters. The molecule has 6 nitrogen and oxygen atoms in total. The fraction of sp³-hybridized carbons (Fsp3) is 0. The van der Waals surface area contributed by atoms with Gasteiger partial charge in [-0.3, -0.25) is 9.59 Å². The van der Waals surface area contributed by atoms with Gasteiger partial charge >= 0.3 is 0 Å². The van der Waals surface area contributed by atoms with Gasteiger partial charge < -0.3 is 5.32 Å². The number of amides is 1. The summed E-state index contributed by atoms with van der Waals surface area (Å²) in [6.45, 7) is 0. The SMILES string of the molecule is O=C(Nc1ncccc1Cl)c1ccc(=O)[nH]n1. The zero-order chi connectivity index (χ0) is 12.3. The number of hydrogen-bond acceptors (Lipinski definition) is 4. The molecule has 2 rings (SSSR count). The summed E-state index contributed by atoms with van der Waals surface area (Å²) >= 11 is 5.83. The Morgan fingerprint density at radius 1 is 1.35 bits per heavy atom. The molecule has 2 aromatic heterocycles. The summed E-state index contributed by atoms with van der Waals surface area (Å²) in [7, 11) is 0. The van der Waals surface area contributed by atoms with E-state index in [1.54, 1.807) is 12.1 Å². The zero-order valence-corrected chi connectivity index (χ0v) is 9.23. The molecule has 0 spiro atoms. The standard InChI is InChI=1S/C10H7ClN4O2/c11-6-2-1-5-12-9(6)13-10(17)7-3-4-8(16)15-14-7/h1-5H,(H,15,16)(H,12,13,17). The number of nitrogens with zero attached hydrogens (tertiary/aromatic N) is 2. The molecule has 0 bridgehead atoms. The Labute approximate surface area is 101 Å². The lowest BCUT2D eigenvalue weighted by atomic mass is 10.3. The highest BCUT2D eigenvalue weighted by Crippen LogP contribution is 2.17. The van der Waals surface area contributed by atoms with Crippen LogP contribution in [0.25, 0.3) is 0 Å². The second-order valence-electron chi connectivity index (χ2n) is 3.09. The minimum absolute atomic E-state index is 0.0753. The average Bonchev–Trinajstić information content (AvgIpc) is 2.33. The maximum absolute atomic E-state index is 11.7. The summed E-state index contributed by atoms with van der Waals surface area (Å²) in [6, 6.07) is 5.77. The summed E-state index contributed by atoms with van der Waals surface area (Å²) < 4.78 is 0. The minimum Gasteiger partial charge on any atom is -0.304 e. The number of nitrogens with one attached hydrogen (secondary N) is 2. The molecule has 0 saturated heterocycles. The molecule has 0 fully saturated rings. The van der Waals surface area contributed by atoms with Crippen molar-refractivity contribution in [2.24, 2.45) is 0 Å². The molecule has 0 saturated carbocycles. The predicted molar refractivity (Wildman–Crippen MR) is 62.1 cm³/mol. The van der Waals surface area contributed by atoms with Crippen LogP contribution in [0.2, 0.25) is 5.02 Å². The van der Waals surface area contributed by atoms with Gasteiger partial charge in [-0.1, -0.05) is 11.6 Å². The molecular formula is C10H7ClN4O2. The Kier molecular flexibility index (Phi) is 3.15. The predicted octanol–water partition coefficient (Wildman–Crippen LogP) is 1.07. The van der Waals surface area contributed by atoms with E-state index < -0.39 is 5.91 Å². The number of halogens is 1. The maximum atomic E-state index is 11.7. The van der Waals surface area contributed by atoms with Crippen LogP contribution in [0.5, 0.6) is 0 Å². The Hall–Kier alpha value is -2.21. The topological polar surface area (TPSA) is 87.7 Å². The van der Waals surface area contributed by atoms with Crippen LogP contribution in [-0.4, -0.2) is 21.1 Å². The summed E-state index contributed by atoms with van der Waals surface area (Å²) in [5.74, 6) is -0.256. The van der Waals surface area contributed by atoms with Gasteiger partial charge in [0, 0.05) is 12.3 Å². The van der Waals surface area contributed by atoms with Crippen molar-refractivity contribution in [2.75, 3.05) is 5.32 Å². The highest BCUT2D eigenvalue weighted by Gasteiger charge is 2.10. The number of H-pyrrole nitrogens is 1. The monoisotopic (exact) mass is 250 g/mol. The van der Waals surface area contributed by atoms with Gasteiger partial charge in [0.05, 0.1) is 5.02 Å². The van der Waals surface area contributed by atoms with Crippen molar-refractivity contribution in [3.8, 4) is 0 Å². The molecule has 1 amide bonds. The zero-order valence-electron chi connectivity index (χ0n) is 8.48. The third-order valence-corrected chi connectivity index (χ3v) is 2.21. The lowest BCUT2D eigenvalue weighted by Gasteiger charge is -2.04. The first kappa shape index (κ1) is 11.3. The summed E-state index contributed by atoms with van der Waals surface area (Å²) in [5, 5.41) is 8.55. The number of pyridine rings is 1. The first-order chi connectivity index (χ1) is 8.16. The lowest BCUT2D eigenvalue weighted by molar-refractivity contribution is 0.102. The van der Waals surface area contributed by atoms with Crippen molar-refractivity contribution >= 4 is 23.3 Å². The fourth-order valence-electron chi connectivity index (χ4n) is 1.12. The maximum Gasteiger partial charge on any atom is 0.277 e. The number of aromatic amines is 1. The van der Waals surface area contributed by atoms with Crippen molar-refractivity contribution in [3.63, 3.8) is 0 Å². The molecule has 2 aromatic rings. The van der Waals surface area contributed by atoms with Crippen molar-refractivity contribution in [1.29, 1.82) is 0 Å². The summed E-state index contributed by atoms with van der Waals surface area (Å²) in [4.78, 5) is 26.4. The molecule has 0 atom stereocenters. The molecule has 0 aliphatic rings. The molecule has 0 aromatic carbocycles. The number of rotatable bonds is 2. The van der Waals surface area contributed by atoms with Crippen molar-refractivity contribution in [2.45, 2.75) is 0 Å². The van der Waals surface area contributed by atoms with Gasteiger partial charge in [0.2, 0.25) is 0 Å². The molecule has 2 heterocycles. The third kappa shape index (κ3) is 2.67. The fourth-order valence-corrected chi connectivity index (χ4v) is 1.29. The van der Waals surface area contributed by atoms with Crippen LogP contribution in [-0.2, 0) is 0 Å². The van der Waals surface area contributed by atoms with Gasteiger partial charge in [-0.25, -0.2) is 10.1 Å². The van der Waals surface area contributed by atoms with Gasteiger partial charge in [-0.15, -0.1) is 0 Å². The lowest BCUT2D eigenvalue weighted by Crippen LogP contribution is -2.18. The highest BCUT2D eigenvalue weighted by atomic mass is 35.5. The van der Waals surface area contributed by atoms with Crippen LogP contribution in [0.3, 0.4) is 0 Å². The van der Waals surface area contributed by atoms with Crippen molar-refractivity contribution in [3.05, 3.63) is 51.5 Å². The Morgan fingerprint density at radius 2 is 2.18 bits per heavy atom. The van der Waals surface area contributed by atoms with E-state index in [4.69, 9.17) is 11.6 Å². The van der Waals surface area contributed by atoms with Gasteiger partial charge in [-0.05, 0) is 18.2 Å². The molecule has 0 aliphatic carbocycles. The quantitative estimate of drug-likeness (QED) is 0.835. The van der Waals surface area contributed by atoms with Crippen LogP contribution in [0.4, 0.5) is 5.82 Å². The van der Waals surface area contributed by atoms with E-state index in [2.05, 4.69) is 20.5 Å². The van der Waals surface area contributed by atoms with Crippen molar-refractivity contribution < 1.29 is 4.79 Å².